The first-order chi connectivity index (χ1) is 7.18. The lowest BCUT2D eigenvalue weighted by molar-refractivity contribution is 0.177. The lowest BCUT2D eigenvalue weighted by atomic mass is 10.1. The zero-order chi connectivity index (χ0) is 11.1. The van der Waals surface area contributed by atoms with Crippen molar-refractivity contribution in [2.24, 2.45) is 0 Å². The maximum Gasteiger partial charge on any atom is 0.0512 e. The summed E-state index contributed by atoms with van der Waals surface area (Å²) in [6.45, 7) is 7.99. The molecule has 1 fully saturated rings. The molecule has 0 aromatic heterocycles. The average Bonchev–Trinajstić information content (AvgIpc) is 2.38. The van der Waals surface area contributed by atoms with Crippen LogP contribution in [0.4, 0.5) is 0 Å². The number of likely N-dealkylation sites (N-methyl/N-ethyl adjacent to an activating group) is 1. The molecule has 0 radical (unpaired) electrons. The number of aliphatic hydroxyl groups excluding tert-OH is 1. The number of aliphatic hydroxyl groups is 1. The quantitative estimate of drug-likeness (QED) is 0.696. The SMILES string of the molecule is CC(O)CCCCN1CCCN(C)CC1. The highest BCUT2D eigenvalue weighted by molar-refractivity contribution is 4.67. The Morgan fingerprint density at radius 2 is 1.93 bits per heavy atom. The van der Waals surface area contributed by atoms with Gasteiger partial charge in [0.1, 0.15) is 0 Å². The molecule has 0 aromatic carbocycles. The Hall–Kier alpha value is -0.120. The standard InChI is InChI=1S/C12H26N2O/c1-12(15)6-3-4-8-14-9-5-7-13(2)10-11-14/h12,15H,3-11H2,1-2H3. The minimum Gasteiger partial charge on any atom is -0.393 e. The van der Waals surface area contributed by atoms with Crippen molar-refractivity contribution in [1.82, 2.24) is 9.80 Å². The van der Waals surface area contributed by atoms with E-state index in [2.05, 4.69) is 16.8 Å². The van der Waals surface area contributed by atoms with Crippen molar-refractivity contribution in [3.05, 3.63) is 0 Å². The van der Waals surface area contributed by atoms with E-state index >= 15 is 0 Å². The fourth-order valence-corrected chi connectivity index (χ4v) is 2.10. The van der Waals surface area contributed by atoms with E-state index in [4.69, 9.17) is 5.11 Å². The average molecular weight is 214 g/mol. The molecule has 1 saturated heterocycles. The summed E-state index contributed by atoms with van der Waals surface area (Å²) in [6.07, 6.45) is 4.51. The molecule has 0 spiro atoms. The van der Waals surface area contributed by atoms with E-state index in [-0.39, 0.29) is 6.10 Å². The fraction of sp³-hybridized carbons (Fsp3) is 1.00. The molecular formula is C12H26N2O. The van der Waals surface area contributed by atoms with Gasteiger partial charge >= 0.3 is 0 Å². The zero-order valence-electron chi connectivity index (χ0n) is 10.3. The van der Waals surface area contributed by atoms with Gasteiger partial charge in [-0.1, -0.05) is 0 Å². The van der Waals surface area contributed by atoms with E-state index in [1.54, 1.807) is 0 Å². The monoisotopic (exact) mass is 214 g/mol. The summed E-state index contributed by atoms with van der Waals surface area (Å²) in [6, 6.07) is 0. The molecule has 1 aliphatic heterocycles. The lowest BCUT2D eigenvalue weighted by Gasteiger charge is -2.19. The van der Waals surface area contributed by atoms with Crippen molar-refractivity contribution in [3.8, 4) is 0 Å². The molecule has 1 aliphatic rings. The summed E-state index contributed by atoms with van der Waals surface area (Å²) in [5.41, 5.74) is 0. The summed E-state index contributed by atoms with van der Waals surface area (Å²) in [5, 5.41) is 9.15. The van der Waals surface area contributed by atoms with Crippen molar-refractivity contribution in [3.63, 3.8) is 0 Å². The van der Waals surface area contributed by atoms with Crippen LogP contribution in [0.1, 0.15) is 32.6 Å². The van der Waals surface area contributed by atoms with Crippen LogP contribution in [0.5, 0.6) is 0 Å². The van der Waals surface area contributed by atoms with Crippen LogP contribution < -0.4 is 0 Å². The lowest BCUT2D eigenvalue weighted by Crippen LogP contribution is -2.29. The molecule has 1 rings (SSSR count). The first-order valence-corrected chi connectivity index (χ1v) is 6.27. The van der Waals surface area contributed by atoms with Crippen LogP contribution in [0.25, 0.3) is 0 Å². The smallest absolute Gasteiger partial charge is 0.0512 e. The molecule has 0 aliphatic carbocycles. The van der Waals surface area contributed by atoms with Crippen molar-refractivity contribution in [2.45, 2.75) is 38.7 Å². The van der Waals surface area contributed by atoms with Crippen LogP contribution in [0.3, 0.4) is 0 Å². The van der Waals surface area contributed by atoms with E-state index in [0.29, 0.717) is 0 Å². The van der Waals surface area contributed by atoms with Gasteiger partial charge in [-0.05, 0) is 59.3 Å². The van der Waals surface area contributed by atoms with Crippen molar-refractivity contribution in [1.29, 1.82) is 0 Å². The van der Waals surface area contributed by atoms with Crippen molar-refractivity contribution in [2.75, 3.05) is 39.8 Å². The second-order valence-electron chi connectivity index (χ2n) is 4.84. The van der Waals surface area contributed by atoms with Gasteiger partial charge in [-0.25, -0.2) is 0 Å². The molecular weight excluding hydrogens is 188 g/mol. The molecule has 1 atom stereocenters. The van der Waals surface area contributed by atoms with Crippen molar-refractivity contribution >= 4 is 0 Å². The molecule has 0 bridgehead atoms. The second-order valence-corrected chi connectivity index (χ2v) is 4.84. The van der Waals surface area contributed by atoms with Gasteiger partial charge in [0.2, 0.25) is 0 Å². The fourth-order valence-electron chi connectivity index (χ4n) is 2.10. The van der Waals surface area contributed by atoms with E-state index in [1.807, 2.05) is 6.92 Å². The predicted molar refractivity (Wildman–Crippen MR) is 64.1 cm³/mol. The van der Waals surface area contributed by atoms with Gasteiger partial charge in [-0.15, -0.1) is 0 Å². The van der Waals surface area contributed by atoms with E-state index in [0.717, 1.165) is 12.8 Å². The van der Waals surface area contributed by atoms with Crippen LogP contribution in [0.15, 0.2) is 0 Å². The van der Waals surface area contributed by atoms with Crippen LogP contribution in [0.2, 0.25) is 0 Å². The van der Waals surface area contributed by atoms with Crippen LogP contribution >= 0.6 is 0 Å². The maximum atomic E-state index is 9.15. The van der Waals surface area contributed by atoms with Gasteiger partial charge in [0, 0.05) is 13.1 Å². The number of unbranched alkanes of at least 4 members (excludes halogenated alkanes) is 1. The molecule has 1 heterocycles. The van der Waals surface area contributed by atoms with Gasteiger partial charge in [-0.2, -0.15) is 0 Å². The third kappa shape index (κ3) is 6.13. The summed E-state index contributed by atoms with van der Waals surface area (Å²) in [4.78, 5) is 4.97. The third-order valence-electron chi connectivity index (χ3n) is 3.16. The molecule has 0 amide bonds. The Labute approximate surface area is 94.1 Å². The Balaban J connectivity index is 2.05. The van der Waals surface area contributed by atoms with E-state index in [9.17, 15) is 0 Å². The first-order valence-electron chi connectivity index (χ1n) is 6.27. The summed E-state index contributed by atoms with van der Waals surface area (Å²) >= 11 is 0. The molecule has 3 nitrogen and oxygen atoms in total. The highest BCUT2D eigenvalue weighted by atomic mass is 16.3. The zero-order valence-corrected chi connectivity index (χ0v) is 10.3. The van der Waals surface area contributed by atoms with Gasteiger partial charge in [0.25, 0.3) is 0 Å². The van der Waals surface area contributed by atoms with E-state index in [1.165, 1.54) is 45.6 Å². The summed E-state index contributed by atoms with van der Waals surface area (Å²) in [5.74, 6) is 0. The Bertz CT molecular complexity index is 162. The molecule has 1 unspecified atom stereocenters. The normalized spacial score (nSPS) is 22.6. The minimum atomic E-state index is -0.125. The maximum absolute atomic E-state index is 9.15. The first kappa shape index (κ1) is 12.9. The Morgan fingerprint density at radius 1 is 1.13 bits per heavy atom. The molecule has 15 heavy (non-hydrogen) atoms. The largest absolute Gasteiger partial charge is 0.393 e. The van der Waals surface area contributed by atoms with Crippen molar-refractivity contribution < 1.29 is 5.11 Å². The number of rotatable bonds is 5. The van der Waals surface area contributed by atoms with Gasteiger partial charge in [0.15, 0.2) is 0 Å². The number of hydrogen-bond donors (Lipinski definition) is 1. The van der Waals surface area contributed by atoms with Gasteiger partial charge in [0.05, 0.1) is 6.10 Å². The molecule has 90 valence electrons. The highest BCUT2D eigenvalue weighted by Gasteiger charge is 2.11. The van der Waals surface area contributed by atoms with Crippen LogP contribution in [-0.2, 0) is 0 Å². The molecule has 3 heteroatoms. The van der Waals surface area contributed by atoms with E-state index < -0.39 is 0 Å². The third-order valence-corrected chi connectivity index (χ3v) is 3.16. The molecule has 0 saturated carbocycles. The van der Waals surface area contributed by atoms with Crippen LogP contribution in [-0.4, -0.2) is 60.8 Å². The predicted octanol–water partition coefficient (Wildman–Crippen LogP) is 1.18. The van der Waals surface area contributed by atoms with Crippen LogP contribution in [0, 0.1) is 0 Å². The van der Waals surface area contributed by atoms with Gasteiger partial charge < -0.3 is 14.9 Å². The number of nitrogens with zero attached hydrogens (tertiary/aromatic N) is 2. The summed E-state index contributed by atoms with van der Waals surface area (Å²) in [7, 11) is 2.21. The number of hydrogen-bond acceptors (Lipinski definition) is 3. The molecule has 0 aromatic rings. The Morgan fingerprint density at radius 3 is 2.67 bits per heavy atom. The minimum absolute atomic E-state index is 0.125. The second kappa shape index (κ2) is 7.20. The summed E-state index contributed by atoms with van der Waals surface area (Å²) < 4.78 is 0. The Kier molecular flexibility index (Phi) is 6.22. The molecule has 1 N–H and O–H groups in total. The topological polar surface area (TPSA) is 26.7 Å². The highest BCUT2D eigenvalue weighted by Crippen LogP contribution is 2.05. The van der Waals surface area contributed by atoms with Gasteiger partial charge in [-0.3, -0.25) is 0 Å².